The number of hydrogen-bond acceptors (Lipinski definition) is 5. The van der Waals surface area contributed by atoms with Crippen molar-refractivity contribution in [3.63, 3.8) is 0 Å². The molecule has 0 bridgehead atoms. The molecule has 1 fully saturated rings. The lowest BCUT2D eigenvalue weighted by molar-refractivity contribution is -0.142. The summed E-state index contributed by atoms with van der Waals surface area (Å²) < 4.78 is 15.8. The van der Waals surface area contributed by atoms with E-state index >= 15 is 0 Å². The number of esters is 1. The third kappa shape index (κ3) is 4.72. The molecule has 116 valence electrons. The Morgan fingerprint density at radius 1 is 1.38 bits per heavy atom. The highest BCUT2D eigenvalue weighted by Gasteiger charge is 2.22. The molecule has 0 amide bonds. The summed E-state index contributed by atoms with van der Waals surface area (Å²) in [7, 11) is 3.07. The second kappa shape index (κ2) is 8.00. The van der Waals surface area contributed by atoms with Crippen LogP contribution in [0.4, 0.5) is 0 Å². The molecule has 0 radical (unpaired) electrons. The monoisotopic (exact) mass is 293 g/mol. The largest absolute Gasteiger partial charge is 0.496 e. The molecule has 21 heavy (non-hydrogen) atoms. The maximum Gasteiger partial charge on any atom is 0.319 e. The summed E-state index contributed by atoms with van der Waals surface area (Å²) in [5.41, 5.74) is 1.06. The van der Waals surface area contributed by atoms with E-state index in [1.165, 1.54) is 7.11 Å². The summed E-state index contributed by atoms with van der Waals surface area (Å²) in [6.07, 6.45) is 2.33. The Morgan fingerprint density at radius 3 is 2.86 bits per heavy atom. The van der Waals surface area contributed by atoms with E-state index in [-0.39, 0.29) is 18.6 Å². The van der Waals surface area contributed by atoms with E-state index < -0.39 is 0 Å². The molecule has 1 heterocycles. The number of carbonyl (C=O) groups excluding carboxylic acids is 1. The first-order valence-electron chi connectivity index (χ1n) is 7.25. The number of rotatable bonds is 7. The van der Waals surface area contributed by atoms with Crippen LogP contribution in [0, 0.1) is 0 Å². The quantitative estimate of drug-likeness (QED) is 0.718. The molecule has 5 heteroatoms. The first kappa shape index (κ1) is 15.8. The van der Waals surface area contributed by atoms with Crippen LogP contribution in [-0.2, 0) is 20.8 Å². The van der Waals surface area contributed by atoms with Gasteiger partial charge in [0.05, 0.1) is 26.9 Å². The van der Waals surface area contributed by atoms with Crippen LogP contribution in [-0.4, -0.2) is 50.9 Å². The van der Waals surface area contributed by atoms with Crippen molar-refractivity contribution in [3.05, 3.63) is 29.8 Å². The molecular weight excluding hydrogens is 270 g/mol. The molecule has 5 nitrogen and oxygen atoms in total. The van der Waals surface area contributed by atoms with Gasteiger partial charge in [0.25, 0.3) is 0 Å². The van der Waals surface area contributed by atoms with E-state index in [0.29, 0.717) is 6.54 Å². The molecule has 0 N–H and O–H groups in total. The zero-order valence-corrected chi connectivity index (χ0v) is 12.7. The molecular formula is C16H23NO4. The van der Waals surface area contributed by atoms with Gasteiger partial charge in [-0.25, -0.2) is 0 Å². The zero-order valence-electron chi connectivity index (χ0n) is 12.7. The summed E-state index contributed by atoms with van der Waals surface area (Å²) in [5.74, 6) is 0.600. The maximum absolute atomic E-state index is 11.6. The lowest BCUT2D eigenvalue weighted by Crippen LogP contribution is -2.36. The highest BCUT2D eigenvalue weighted by Crippen LogP contribution is 2.21. The minimum absolute atomic E-state index is 0.198. The minimum atomic E-state index is -0.233. The number of carbonyl (C=O) groups is 1. The third-order valence-electron chi connectivity index (χ3n) is 3.65. The molecule has 0 aliphatic carbocycles. The average molecular weight is 293 g/mol. The number of ether oxygens (including phenoxy) is 3. The number of benzene rings is 1. The van der Waals surface area contributed by atoms with Crippen molar-refractivity contribution >= 4 is 5.97 Å². The van der Waals surface area contributed by atoms with Gasteiger partial charge in [-0.1, -0.05) is 18.2 Å². The van der Waals surface area contributed by atoms with Crippen LogP contribution < -0.4 is 4.74 Å². The summed E-state index contributed by atoms with van der Waals surface area (Å²) >= 11 is 0. The molecule has 0 aromatic heterocycles. The van der Waals surface area contributed by atoms with Crippen LogP contribution in [0.25, 0.3) is 0 Å². The van der Waals surface area contributed by atoms with Gasteiger partial charge in [-0.2, -0.15) is 0 Å². The van der Waals surface area contributed by atoms with Gasteiger partial charge in [0.15, 0.2) is 0 Å². The number of nitrogens with zero attached hydrogens (tertiary/aromatic N) is 1. The Bertz CT molecular complexity index is 457. The lowest BCUT2D eigenvalue weighted by atomic mass is 10.1. The van der Waals surface area contributed by atoms with Crippen molar-refractivity contribution in [1.29, 1.82) is 0 Å². The SMILES string of the molecule is COC(=O)CN(Cc1ccccc1OC)CC1CCCO1. The van der Waals surface area contributed by atoms with Crippen LogP contribution in [0.15, 0.2) is 24.3 Å². The molecule has 1 aliphatic rings. The van der Waals surface area contributed by atoms with E-state index in [1.807, 2.05) is 24.3 Å². The maximum atomic E-state index is 11.6. The Balaban J connectivity index is 2.04. The van der Waals surface area contributed by atoms with Gasteiger partial charge < -0.3 is 14.2 Å². The topological polar surface area (TPSA) is 48.0 Å². The Labute approximate surface area is 125 Å². The van der Waals surface area contributed by atoms with Crippen molar-refractivity contribution in [2.24, 2.45) is 0 Å². The summed E-state index contributed by atoms with van der Waals surface area (Å²) in [5, 5.41) is 0. The van der Waals surface area contributed by atoms with Crippen LogP contribution >= 0.6 is 0 Å². The van der Waals surface area contributed by atoms with Crippen LogP contribution in [0.1, 0.15) is 18.4 Å². The lowest BCUT2D eigenvalue weighted by Gasteiger charge is -2.24. The van der Waals surface area contributed by atoms with Gasteiger partial charge in [-0.05, 0) is 18.9 Å². The molecule has 1 aliphatic heterocycles. The predicted molar refractivity (Wildman–Crippen MR) is 79.3 cm³/mol. The molecule has 1 unspecified atom stereocenters. The van der Waals surface area contributed by atoms with E-state index in [1.54, 1.807) is 7.11 Å². The molecule has 2 rings (SSSR count). The normalized spacial score (nSPS) is 18.0. The van der Waals surface area contributed by atoms with Crippen molar-refractivity contribution in [3.8, 4) is 5.75 Å². The van der Waals surface area contributed by atoms with Crippen molar-refractivity contribution in [2.45, 2.75) is 25.5 Å². The molecule has 1 aromatic rings. The third-order valence-corrected chi connectivity index (χ3v) is 3.65. The van der Waals surface area contributed by atoms with Crippen LogP contribution in [0.5, 0.6) is 5.75 Å². The second-order valence-corrected chi connectivity index (χ2v) is 5.19. The summed E-state index contributed by atoms with van der Waals surface area (Å²) in [6.45, 7) is 2.44. The number of hydrogen-bond donors (Lipinski definition) is 0. The number of para-hydroxylation sites is 1. The van der Waals surface area contributed by atoms with Crippen molar-refractivity contribution in [2.75, 3.05) is 33.9 Å². The summed E-state index contributed by atoms with van der Waals surface area (Å²) in [4.78, 5) is 13.7. The minimum Gasteiger partial charge on any atom is -0.496 e. The second-order valence-electron chi connectivity index (χ2n) is 5.19. The van der Waals surface area contributed by atoms with Crippen molar-refractivity contribution < 1.29 is 19.0 Å². The molecule has 0 saturated carbocycles. The van der Waals surface area contributed by atoms with E-state index in [4.69, 9.17) is 14.2 Å². The molecule has 1 saturated heterocycles. The van der Waals surface area contributed by atoms with Gasteiger partial charge in [-0.15, -0.1) is 0 Å². The van der Waals surface area contributed by atoms with Gasteiger partial charge in [0.2, 0.25) is 0 Å². The fraction of sp³-hybridized carbons (Fsp3) is 0.562. The van der Waals surface area contributed by atoms with Gasteiger partial charge >= 0.3 is 5.97 Å². The highest BCUT2D eigenvalue weighted by atomic mass is 16.5. The smallest absolute Gasteiger partial charge is 0.319 e. The summed E-state index contributed by atoms with van der Waals surface area (Å²) in [6, 6.07) is 7.85. The van der Waals surface area contributed by atoms with Crippen LogP contribution in [0.3, 0.4) is 0 Å². The standard InChI is InChI=1S/C16H23NO4/c1-19-15-8-4-3-6-13(15)10-17(12-16(18)20-2)11-14-7-5-9-21-14/h3-4,6,8,14H,5,7,9-12H2,1-2H3. The zero-order chi connectivity index (χ0) is 15.1. The predicted octanol–water partition coefficient (Wildman–Crippen LogP) is 1.85. The van der Waals surface area contributed by atoms with Crippen molar-refractivity contribution in [1.82, 2.24) is 4.90 Å². The fourth-order valence-corrected chi connectivity index (χ4v) is 2.58. The first-order valence-corrected chi connectivity index (χ1v) is 7.25. The van der Waals surface area contributed by atoms with Gasteiger partial charge in [0, 0.05) is 25.3 Å². The Morgan fingerprint density at radius 2 is 2.19 bits per heavy atom. The molecule has 0 spiro atoms. The van der Waals surface area contributed by atoms with E-state index in [2.05, 4.69) is 4.90 Å². The average Bonchev–Trinajstić information content (AvgIpc) is 3.00. The highest BCUT2D eigenvalue weighted by molar-refractivity contribution is 5.71. The van der Waals surface area contributed by atoms with Gasteiger partial charge in [0.1, 0.15) is 5.75 Å². The first-order chi connectivity index (χ1) is 10.2. The van der Waals surface area contributed by atoms with E-state index in [0.717, 1.165) is 37.3 Å². The van der Waals surface area contributed by atoms with Crippen LogP contribution in [0.2, 0.25) is 0 Å². The number of methoxy groups -OCH3 is 2. The Kier molecular flexibility index (Phi) is 6.02. The van der Waals surface area contributed by atoms with E-state index in [9.17, 15) is 4.79 Å². The molecule has 1 atom stereocenters. The molecule has 1 aromatic carbocycles. The Hall–Kier alpha value is -1.59. The fourth-order valence-electron chi connectivity index (χ4n) is 2.58. The van der Waals surface area contributed by atoms with Gasteiger partial charge in [-0.3, -0.25) is 9.69 Å².